The van der Waals surface area contributed by atoms with Gasteiger partial charge in [0, 0.05) is 31.0 Å². The maximum atomic E-state index is 11.3. The number of urea groups is 1. The third-order valence-corrected chi connectivity index (χ3v) is 3.39. The van der Waals surface area contributed by atoms with Crippen molar-refractivity contribution in [2.24, 2.45) is 0 Å². The Hall–Kier alpha value is -1.14. The van der Waals surface area contributed by atoms with Gasteiger partial charge in [0.25, 0.3) is 0 Å². The maximum Gasteiger partial charge on any atom is 0.314 e. The van der Waals surface area contributed by atoms with Crippen molar-refractivity contribution in [3.63, 3.8) is 0 Å². The van der Waals surface area contributed by atoms with Crippen LogP contribution in [0, 0.1) is 13.8 Å². The average molecular weight is 257 g/mol. The van der Waals surface area contributed by atoms with Crippen molar-refractivity contribution in [3.05, 3.63) is 15.6 Å². The fourth-order valence-corrected chi connectivity index (χ4v) is 2.38. The number of aliphatic hydroxyl groups is 1. The minimum atomic E-state index is -0.183. The van der Waals surface area contributed by atoms with Gasteiger partial charge in [0.15, 0.2) is 0 Å². The van der Waals surface area contributed by atoms with Crippen LogP contribution >= 0.6 is 11.3 Å². The highest BCUT2D eigenvalue weighted by molar-refractivity contribution is 7.11. The maximum absolute atomic E-state index is 11.3. The Labute approximate surface area is 105 Å². The number of aromatic nitrogens is 1. The summed E-state index contributed by atoms with van der Waals surface area (Å²) in [6, 6.07) is -0.183. The monoisotopic (exact) mass is 257 g/mol. The van der Waals surface area contributed by atoms with E-state index in [1.165, 1.54) is 4.88 Å². The summed E-state index contributed by atoms with van der Waals surface area (Å²) in [5.41, 5.74) is 1.05. The third kappa shape index (κ3) is 5.14. The van der Waals surface area contributed by atoms with Crippen molar-refractivity contribution >= 4 is 17.4 Å². The molecule has 1 aromatic heterocycles. The van der Waals surface area contributed by atoms with Gasteiger partial charge in [-0.15, -0.1) is 11.3 Å². The van der Waals surface area contributed by atoms with Crippen LogP contribution in [0.3, 0.4) is 0 Å². The second-order valence-electron chi connectivity index (χ2n) is 3.75. The van der Waals surface area contributed by atoms with Crippen molar-refractivity contribution in [2.45, 2.75) is 26.7 Å². The third-order valence-electron chi connectivity index (χ3n) is 2.26. The summed E-state index contributed by atoms with van der Waals surface area (Å²) in [5.74, 6) is 0. The highest BCUT2D eigenvalue weighted by Gasteiger charge is 2.05. The lowest BCUT2D eigenvalue weighted by atomic mass is 10.3. The normalized spacial score (nSPS) is 10.3. The number of aryl methyl sites for hydroxylation is 2. The molecule has 96 valence electrons. The SMILES string of the molecule is Cc1nc(C)c(CCNC(=O)NCCCO)s1. The van der Waals surface area contributed by atoms with Crippen LogP contribution in [0.15, 0.2) is 0 Å². The number of thiazole rings is 1. The molecule has 5 nitrogen and oxygen atoms in total. The summed E-state index contributed by atoms with van der Waals surface area (Å²) < 4.78 is 0. The predicted molar refractivity (Wildman–Crippen MR) is 68.4 cm³/mol. The van der Waals surface area contributed by atoms with Crippen LogP contribution in [0.25, 0.3) is 0 Å². The molecule has 0 atom stereocenters. The van der Waals surface area contributed by atoms with Gasteiger partial charge in [-0.2, -0.15) is 0 Å². The molecule has 1 aromatic rings. The van der Waals surface area contributed by atoms with Crippen LogP contribution < -0.4 is 10.6 Å². The van der Waals surface area contributed by atoms with Gasteiger partial charge < -0.3 is 15.7 Å². The van der Waals surface area contributed by atoms with Crippen molar-refractivity contribution in [3.8, 4) is 0 Å². The Balaban J connectivity index is 2.19. The van der Waals surface area contributed by atoms with E-state index in [0.29, 0.717) is 19.5 Å². The molecule has 0 fully saturated rings. The van der Waals surface area contributed by atoms with E-state index in [1.54, 1.807) is 11.3 Å². The van der Waals surface area contributed by atoms with Gasteiger partial charge in [-0.1, -0.05) is 0 Å². The number of hydrogen-bond donors (Lipinski definition) is 3. The van der Waals surface area contributed by atoms with Crippen molar-refractivity contribution < 1.29 is 9.90 Å². The highest BCUT2D eigenvalue weighted by atomic mass is 32.1. The van der Waals surface area contributed by atoms with Crippen molar-refractivity contribution in [1.29, 1.82) is 0 Å². The van der Waals surface area contributed by atoms with E-state index in [9.17, 15) is 4.79 Å². The molecule has 0 aliphatic heterocycles. The van der Waals surface area contributed by atoms with E-state index in [1.807, 2.05) is 13.8 Å². The molecule has 17 heavy (non-hydrogen) atoms. The zero-order chi connectivity index (χ0) is 12.7. The van der Waals surface area contributed by atoms with E-state index in [-0.39, 0.29) is 12.6 Å². The molecule has 6 heteroatoms. The van der Waals surface area contributed by atoms with Crippen LogP contribution in [0.2, 0.25) is 0 Å². The van der Waals surface area contributed by atoms with Crippen LogP contribution in [0.4, 0.5) is 4.79 Å². The molecule has 0 spiro atoms. The van der Waals surface area contributed by atoms with E-state index < -0.39 is 0 Å². The summed E-state index contributed by atoms with van der Waals surface area (Å²) in [6.07, 6.45) is 1.39. The number of aliphatic hydroxyl groups excluding tert-OH is 1. The topological polar surface area (TPSA) is 74.2 Å². The summed E-state index contributed by atoms with van der Waals surface area (Å²) in [5, 5.41) is 15.1. The molecular weight excluding hydrogens is 238 g/mol. The first-order valence-corrected chi connectivity index (χ1v) is 6.50. The van der Waals surface area contributed by atoms with Crippen molar-refractivity contribution in [1.82, 2.24) is 15.6 Å². The van der Waals surface area contributed by atoms with E-state index >= 15 is 0 Å². The molecule has 1 rings (SSSR count). The summed E-state index contributed by atoms with van der Waals surface area (Å²) in [6.45, 7) is 5.17. The lowest BCUT2D eigenvalue weighted by Gasteiger charge is -2.06. The van der Waals surface area contributed by atoms with Gasteiger partial charge in [-0.05, 0) is 20.3 Å². The van der Waals surface area contributed by atoms with Gasteiger partial charge >= 0.3 is 6.03 Å². The number of hydrogen-bond acceptors (Lipinski definition) is 4. The van der Waals surface area contributed by atoms with Crippen LogP contribution in [-0.2, 0) is 6.42 Å². The first-order chi connectivity index (χ1) is 8.13. The Morgan fingerprint density at radius 3 is 2.65 bits per heavy atom. The Kier molecular flexibility index (Phi) is 5.93. The molecule has 2 amide bonds. The molecule has 0 radical (unpaired) electrons. The fraction of sp³-hybridized carbons (Fsp3) is 0.636. The second kappa shape index (κ2) is 7.24. The molecule has 0 saturated carbocycles. The highest BCUT2D eigenvalue weighted by Crippen LogP contribution is 2.16. The van der Waals surface area contributed by atoms with E-state index in [0.717, 1.165) is 17.1 Å². The quantitative estimate of drug-likeness (QED) is 0.665. The lowest BCUT2D eigenvalue weighted by molar-refractivity contribution is 0.238. The van der Waals surface area contributed by atoms with Crippen LogP contribution in [-0.4, -0.2) is 35.8 Å². The molecule has 0 aromatic carbocycles. The smallest absolute Gasteiger partial charge is 0.314 e. The lowest BCUT2D eigenvalue weighted by Crippen LogP contribution is -2.37. The molecule has 0 saturated heterocycles. The first kappa shape index (κ1) is 13.9. The van der Waals surface area contributed by atoms with Gasteiger partial charge in [0.05, 0.1) is 10.7 Å². The van der Waals surface area contributed by atoms with Gasteiger partial charge in [-0.25, -0.2) is 9.78 Å². The minimum absolute atomic E-state index is 0.0968. The number of carbonyl (C=O) groups excluding carboxylic acids is 1. The van der Waals surface area contributed by atoms with Gasteiger partial charge in [0.2, 0.25) is 0 Å². The number of amides is 2. The average Bonchev–Trinajstić information content (AvgIpc) is 2.58. The minimum Gasteiger partial charge on any atom is -0.396 e. The molecule has 0 aliphatic rings. The van der Waals surface area contributed by atoms with E-state index in [4.69, 9.17) is 5.11 Å². The molecule has 1 heterocycles. The van der Waals surface area contributed by atoms with Crippen LogP contribution in [0.5, 0.6) is 0 Å². The second-order valence-corrected chi connectivity index (χ2v) is 5.04. The zero-order valence-corrected chi connectivity index (χ0v) is 11.1. The molecule has 0 bridgehead atoms. The van der Waals surface area contributed by atoms with Gasteiger partial charge in [-0.3, -0.25) is 0 Å². The molecule has 0 unspecified atom stereocenters. The number of carbonyl (C=O) groups is 1. The Morgan fingerprint density at radius 1 is 1.35 bits per heavy atom. The Bertz CT molecular complexity index is 366. The zero-order valence-electron chi connectivity index (χ0n) is 10.2. The number of rotatable bonds is 6. The molecule has 0 aliphatic carbocycles. The van der Waals surface area contributed by atoms with Crippen molar-refractivity contribution in [2.75, 3.05) is 19.7 Å². The first-order valence-electron chi connectivity index (χ1n) is 5.69. The summed E-state index contributed by atoms with van der Waals surface area (Å²) >= 11 is 1.67. The standard InChI is InChI=1S/C11H19N3O2S/c1-8-10(17-9(2)14-8)4-6-13-11(16)12-5-3-7-15/h15H,3-7H2,1-2H3,(H2,12,13,16). The fourth-order valence-electron chi connectivity index (χ4n) is 1.44. The van der Waals surface area contributed by atoms with Crippen LogP contribution in [0.1, 0.15) is 22.0 Å². The molecule has 3 N–H and O–H groups in total. The van der Waals surface area contributed by atoms with Gasteiger partial charge in [0.1, 0.15) is 0 Å². The summed E-state index contributed by atoms with van der Waals surface area (Å²) in [4.78, 5) is 16.8. The number of nitrogens with one attached hydrogen (secondary N) is 2. The summed E-state index contributed by atoms with van der Waals surface area (Å²) in [7, 11) is 0. The predicted octanol–water partition coefficient (Wildman–Crippen LogP) is 0.984. The largest absolute Gasteiger partial charge is 0.396 e. The Morgan fingerprint density at radius 2 is 2.06 bits per heavy atom. The van der Waals surface area contributed by atoms with E-state index in [2.05, 4.69) is 15.6 Å². The number of nitrogens with zero attached hydrogens (tertiary/aromatic N) is 1. The molecular formula is C11H19N3O2S.